The van der Waals surface area contributed by atoms with Crippen LogP contribution < -0.4 is 20.1 Å². The van der Waals surface area contributed by atoms with Crippen molar-refractivity contribution in [3.8, 4) is 11.5 Å². The van der Waals surface area contributed by atoms with Crippen LogP contribution in [0.5, 0.6) is 11.5 Å². The third-order valence-electron chi connectivity index (χ3n) is 3.81. The van der Waals surface area contributed by atoms with E-state index in [1.807, 2.05) is 26.1 Å². The largest absolute Gasteiger partial charge is 0.490 e. The molecule has 0 radical (unpaired) electrons. The van der Waals surface area contributed by atoms with Gasteiger partial charge in [0, 0.05) is 12.1 Å². The van der Waals surface area contributed by atoms with E-state index in [9.17, 15) is 4.39 Å². The van der Waals surface area contributed by atoms with Gasteiger partial charge in [-0.2, -0.15) is 0 Å². The predicted octanol–water partition coefficient (Wildman–Crippen LogP) is 5.00. The zero-order valence-corrected chi connectivity index (χ0v) is 18.5. The SMILES string of the molecule is CCOc1cc(CNCCCNC)cc(Cl)c1OCc1ccccc1F.Cl.Cl. The molecule has 8 heteroatoms. The van der Waals surface area contributed by atoms with Gasteiger partial charge in [0.25, 0.3) is 0 Å². The van der Waals surface area contributed by atoms with E-state index in [1.165, 1.54) is 6.07 Å². The maximum absolute atomic E-state index is 13.8. The minimum Gasteiger partial charge on any atom is -0.490 e. The van der Waals surface area contributed by atoms with Gasteiger partial charge in [-0.25, -0.2) is 4.39 Å². The van der Waals surface area contributed by atoms with Crippen molar-refractivity contribution in [1.82, 2.24) is 10.6 Å². The van der Waals surface area contributed by atoms with Crippen LogP contribution in [0.4, 0.5) is 4.39 Å². The molecule has 0 heterocycles. The Labute approximate surface area is 184 Å². The summed E-state index contributed by atoms with van der Waals surface area (Å²) in [4.78, 5) is 0. The van der Waals surface area contributed by atoms with Crippen LogP contribution in [0, 0.1) is 5.82 Å². The number of benzene rings is 2. The maximum Gasteiger partial charge on any atom is 0.180 e. The fourth-order valence-electron chi connectivity index (χ4n) is 2.51. The zero-order chi connectivity index (χ0) is 18.8. The molecule has 2 aromatic carbocycles. The monoisotopic (exact) mass is 452 g/mol. The first-order valence-electron chi connectivity index (χ1n) is 8.82. The minimum absolute atomic E-state index is 0. The molecule has 0 aromatic heterocycles. The average Bonchev–Trinajstić information content (AvgIpc) is 2.62. The zero-order valence-electron chi connectivity index (χ0n) is 16.1. The highest BCUT2D eigenvalue weighted by Gasteiger charge is 2.14. The fraction of sp³-hybridized carbons (Fsp3) is 0.400. The lowest BCUT2D eigenvalue weighted by Gasteiger charge is -2.16. The number of hydrogen-bond acceptors (Lipinski definition) is 4. The van der Waals surface area contributed by atoms with Gasteiger partial charge < -0.3 is 20.1 Å². The topological polar surface area (TPSA) is 42.5 Å². The minimum atomic E-state index is -0.302. The molecule has 0 saturated heterocycles. The van der Waals surface area contributed by atoms with Crippen LogP contribution in [0.25, 0.3) is 0 Å². The predicted molar refractivity (Wildman–Crippen MR) is 118 cm³/mol. The van der Waals surface area contributed by atoms with Gasteiger partial charge in [0.2, 0.25) is 0 Å². The van der Waals surface area contributed by atoms with E-state index in [1.54, 1.807) is 18.2 Å². The Morgan fingerprint density at radius 2 is 1.82 bits per heavy atom. The van der Waals surface area contributed by atoms with Crippen LogP contribution in [0.2, 0.25) is 5.02 Å². The molecule has 0 spiro atoms. The molecule has 28 heavy (non-hydrogen) atoms. The molecule has 0 amide bonds. The molecular formula is C20H28Cl3FN2O2. The fourth-order valence-corrected chi connectivity index (χ4v) is 2.80. The number of hydrogen-bond donors (Lipinski definition) is 2. The maximum atomic E-state index is 13.8. The van der Waals surface area contributed by atoms with E-state index in [-0.39, 0.29) is 37.2 Å². The Kier molecular flexibility index (Phi) is 14.1. The van der Waals surface area contributed by atoms with Crippen molar-refractivity contribution in [3.05, 3.63) is 58.4 Å². The molecule has 0 atom stereocenters. The molecule has 0 aliphatic carbocycles. The number of rotatable bonds is 11. The van der Waals surface area contributed by atoms with E-state index in [0.717, 1.165) is 25.1 Å². The first kappa shape index (κ1) is 26.8. The van der Waals surface area contributed by atoms with Crippen LogP contribution in [0.15, 0.2) is 36.4 Å². The van der Waals surface area contributed by atoms with Crippen molar-refractivity contribution >= 4 is 36.4 Å². The Balaban J connectivity index is 0.00000364. The first-order valence-corrected chi connectivity index (χ1v) is 9.20. The summed E-state index contributed by atoms with van der Waals surface area (Å²) in [7, 11) is 1.94. The summed E-state index contributed by atoms with van der Waals surface area (Å²) in [5.41, 5.74) is 1.49. The van der Waals surface area contributed by atoms with Gasteiger partial charge in [0.05, 0.1) is 11.6 Å². The molecule has 0 bridgehead atoms. The Morgan fingerprint density at radius 3 is 2.50 bits per heavy atom. The Morgan fingerprint density at radius 1 is 1.07 bits per heavy atom. The summed E-state index contributed by atoms with van der Waals surface area (Å²) in [5.74, 6) is 0.711. The van der Waals surface area contributed by atoms with Crippen LogP contribution in [-0.2, 0) is 13.2 Å². The highest BCUT2D eigenvalue weighted by molar-refractivity contribution is 6.32. The number of ether oxygens (including phenoxy) is 2. The third kappa shape index (κ3) is 8.41. The van der Waals surface area contributed by atoms with E-state index in [2.05, 4.69) is 10.6 Å². The third-order valence-corrected chi connectivity index (χ3v) is 4.09. The quantitative estimate of drug-likeness (QED) is 0.470. The Hall–Kier alpha value is -1.24. The van der Waals surface area contributed by atoms with E-state index >= 15 is 0 Å². The first-order chi connectivity index (χ1) is 12.7. The van der Waals surface area contributed by atoms with E-state index < -0.39 is 0 Å². The summed E-state index contributed by atoms with van der Waals surface area (Å²) in [6.45, 7) is 5.06. The molecule has 0 aliphatic rings. The molecule has 2 N–H and O–H groups in total. The summed E-state index contributed by atoms with van der Waals surface area (Å²) in [6.07, 6.45) is 1.05. The van der Waals surface area contributed by atoms with Crippen LogP contribution >= 0.6 is 36.4 Å². The smallest absolute Gasteiger partial charge is 0.180 e. The van der Waals surface area contributed by atoms with Gasteiger partial charge in [0.15, 0.2) is 11.5 Å². The van der Waals surface area contributed by atoms with Crippen LogP contribution in [0.1, 0.15) is 24.5 Å². The molecule has 2 aromatic rings. The van der Waals surface area contributed by atoms with Gasteiger partial charge in [-0.15, -0.1) is 24.8 Å². The lowest BCUT2D eigenvalue weighted by molar-refractivity contribution is 0.266. The van der Waals surface area contributed by atoms with Crippen molar-refractivity contribution in [2.45, 2.75) is 26.5 Å². The summed E-state index contributed by atoms with van der Waals surface area (Å²) in [5, 5.41) is 6.95. The highest BCUT2D eigenvalue weighted by Crippen LogP contribution is 2.37. The highest BCUT2D eigenvalue weighted by atomic mass is 35.5. The molecule has 0 fully saturated rings. The lowest BCUT2D eigenvalue weighted by Crippen LogP contribution is -2.19. The molecular weight excluding hydrogens is 426 g/mol. The van der Waals surface area contributed by atoms with Crippen molar-refractivity contribution in [1.29, 1.82) is 0 Å². The van der Waals surface area contributed by atoms with Crippen molar-refractivity contribution < 1.29 is 13.9 Å². The van der Waals surface area contributed by atoms with Crippen molar-refractivity contribution in [2.75, 3.05) is 26.7 Å². The summed E-state index contributed by atoms with van der Waals surface area (Å²) < 4.78 is 25.2. The number of halogens is 4. The van der Waals surface area contributed by atoms with Gasteiger partial charge in [-0.3, -0.25) is 0 Å². The molecule has 158 valence electrons. The molecule has 2 rings (SSSR count). The van der Waals surface area contributed by atoms with Gasteiger partial charge in [-0.05, 0) is 57.2 Å². The normalized spacial score (nSPS) is 10.0. The number of nitrogens with one attached hydrogen (secondary N) is 2. The lowest BCUT2D eigenvalue weighted by atomic mass is 10.2. The molecule has 4 nitrogen and oxygen atoms in total. The standard InChI is InChI=1S/C20H26ClFN2O2.2ClH/c1-3-25-19-12-15(13-24-10-6-9-23-2)11-17(21)20(19)26-14-16-7-4-5-8-18(16)22;;/h4-5,7-8,11-12,23-24H,3,6,9-10,13-14H2,1-2H3;2*1H. The van der Waals surface area contributed by atoms with Crippen molar-refractivity contribution in [2.24, 2.45) is 0 Å². The second-order valence-corrected chi connectivity index (χ2v) is 6.26. The molecule has 0 aliphatic heterocycles. The van der Waals surface area contributed by atoms with Gasteiger partial charge in [-0.1, -0.05) is 29.8 Å². The van der Waals surface area contributed by atoms with Gasteiger partial charge >= 0.3 is 0 Å². The molecule has 0 unspecified atom stereocenters. The van der Waals surface area contributed by atoms with E-state index in [4.69, 9.17) is 21.1 Å². The van der Waals surface area contributed by atoms with Crippen molar-refractivity contribution in [3.63, 3.8) is 0 Å². The van der Waals surface area contributed by atoms with E-state index in [0.29, 0.717) is 35.2 Å². The average molecular weight is 454 g/mol. The second-order valence-electron chi connectivity index (χ2n) is 5.85. The van der Waals surface area contributed by atoms with Crippen LogP contribution in [-0.4, -0.2) is 26.7 Å². The summed E-state index contributed by atoms with van der Waals surface area (Å²) >= 11 is 6.40. The van der Waals surface area contributed by atoms with Crippen LogP contribution in [0.3, 0.4) is 0 Å². The van der Waals surface area contributed by atoms with Gasteiger partial charge in [0.1, 0.15) is 12.4 Å². The Bertz CT molecular complexity index is 705. The second kappa shape index (κ2) is 14.7. The molecule has 0 saturated carbocycles. The summed E-state index contributed by atoms with van der Waals surface area (Å²) in [6, 6.07) is 10.3.